The first kappa shape index (κ1) is 14.4. The Morgan fingerprint density at radius 1 is 1.26 bits per heavy atom. The van der Waals surface area contributed by atoms with Crippen molar-refractivity contribution in [1.29, 1.82) is 0 Å². The highest BCUT2D eigenvalue weighted by molar-refractivity contribution is 7.84. The molecule has 1 aromatic rings. The molecule has 0 saturated heterocycles. The second kappa shape index (κ2) is 5.55. The van der Waals surface area contributed by atoms with E-state index >= 15 is 0 Å². The fourth-order valence-corrected chi connectivity index (χ4v) is 3.51. The van der Waals surface area contributed by atoms with E-state index in [-0.39, 0.29) is 16.6 Å². The maximum Gasteiger partial charge on any atom is 0.123 e. The lowest BCUT2D eigenvalue weighted by Crippen LogP contribution is -2.41. The Bertz CT molecular complexity index is 490. The van der Waals surface area contributed by atoms with Gasteiger partial charge in [-0.1, -0.05) is 24.3 Å². The first-order chi connectivity index (χ1) is 8.89. The van der Waals surface area contributed by atoms with Gasteiger partial charge in [0.05, 0.1) is 10.8 Å². The number of hydrogen-bond donors (Lipinski definition) is 0. The Morgan fingerprint density at radius 2 is 1.89 bits per heavy atom. The maximum absolute atomic E-state index is 13.0. The van der Waals surface area contributed by atoms with Gasteiger partial charge in [-0.3, -0.25) is 0 Å². The van der Waals surface area contributed by atoms with E-state index in [1.54, 1.807) is 12.1 Å². The quantitative estimate of drug-likeness (QED) is 0.759. The van der Waals surface area contributed by atoms with Gasteiger partial charge in [-0.2, -0.15) is 0 Å². The molecule has 0 aliphatic carbocycles. The topological polar surface area (TPSA) is 20.3 Å². The lowest BCUT2D eigenvalue weighted by Gasteiger charge is -2.35. The predicted octanol–water partition coefficient (Wildman–Crippen LogP) is 3.59. The van der Waals surface area contributed by atoms with Crippen molar-refractivity contribution >= 4 is 11.0 Å². The summed E-state index contributed by atoms with van der Waals surface area (Å²) in [4.78, 5) is 0. The van der Waals surface area contributed by atoms with Crippen LogP contribution in [0.5, 0.6) is 0 Å². The Balaban J connectivity index is 2.30. The molecule has 19 heavy (non-hydrogen) atoms. The zero-order valence-electron chi connectivity index (χ0n) is 11.6. The molecule has 0 amide bonds. The fraction of sp³-hybridized carbons (Fsp3) is 0.467. The molecule has 2 atom stereocenters. The van der Waals surface area contributed by atoms with Gasteiger partial charge >= 0.3 is 0 Å². The van der Waals surface area contributed by atoms with Gasteiger partial charge in [0.25, 0.3) is 0 Å². The third kappa shape index (κ3) is 3.31. The van der Waals surface area contributed by atoms with Gasteiger partial charge in [0.1, 0.15) is 16.8 Å². The third-order valence-electron chi connectivity index (χ3n) is 3.09. The fourth-order valence-electron chi connectivity index (χ4n) is 2.14. The zero-order valence-corrected chi connectivity index (χ0v) is 12.4. The summed E-state index contributed by atoms with van der Waals surface area (Å²) >= 11 is 0. The highest BCUT2D eigenvalue weighted by Gasteiger charge is 2.32. The van der Waals surface area contributed by atoms with E-state index in [9.17, 15) is 8.60 Å². The van der Waals surface area contributed by atoms with Crippen LogP contribution in [-0.4, -0.2) is 19.8 Å². The first-order valence-electron chi connectivity index (χ1n) is 6.50. The minimum Gasteiger partial charge on any atom is -0.242 e. The minimum atomic E-state index is -1.07. The highest BCUT2D eigenvalue weighted by atomic mass is 32.2. The van der Waals surface area contributed by atoms with Crippen molar-refractivity contribution in [2.45, 2.75) is 38.0 Å². The molecule has 0 radical (unpaired) electrons. The Labute approximate surface area is 116 Å². The van der Waals surface area contributed by atoms with Crippen molar-refractivity contribution in [2.75, 3.05) is 6.54 Å². The molecule has 1 unspecified atom stereocenters. The van der Waals surface area contributed by atoms with Crippen LogP contribution in [0.1, 0.15) is 38.8 Å². The second-order valence-electron chi connectivity index (χ2n) is 5.72. The normalized spacial score (nSPS) is 22.4. The van der Waals surface area contributed by atoms with Crippen LogP contribution < -0.4 is 0 Å². The SMILES string of the molecule is CC(C)(C)S(=O)N1CCC=C[C@H]1c1ccc(F)cc1. The zero-order chi connectivity index (χ0) is 14.0. The predicted molar refractivity (Wildman–Crippen MR) is 77.5 cm³/mol. The first-order valence-corrected chi connectivity index (χ1v) is 7.61. The van der Waals surface area contributed by atoms with Crippen LogP contribution in [0.3, 0.4) is 0 Å². The van der Waals surface area contributed by atoms with Gasteiger partial charge in [-0.05, 0) is 44.9 Å². The summed E-state index contributed by atoms with van der Waals surface area (Å²) in [7, 11) is -1.07. The van der Waals surface area contributed by atoms with E-state index in [0.29, 0.717) is 0 Å². The second-order valence-corrected chi connectivity index (χ2v) is 7.91. The number of hydrogen-bond acceptors (Lipinski definition) is 1. The van der Waals surface area contributed by atoms with Crippen LogP contribution in [0, 0.1) is 5.82 Å². The van der Waals surface area contributed by atoms with E-state index in [2.05, 4.69) is 12.2 Å². The number of halogens is 1. The Hall–Kier alpha value is -1.00. The van der Waals surface area contributed by atoms with Gasteiger partial charge in [0.15, 0.2) is 0 Å². The molecule has 0 aromatic heterocycles. The van der Waals surface area contributed by atoms with E-state index in [1.165, 1.54) is 12.1 Å². The molecule has 1 heterocycles. The molecule has 2 rings (SSSR count). The lowest BCUT2D eigenvalue weighted by molar-refractivity contribution is 0.375. The smallest absolute Gasteiger partial charge is 0.123 e. The van der Waals surface area contributed by atoms with Crippen LogP contribution in [0.2, 0.25) is 0 Å². The molecular formula is C15H20FNOS. The molecule has 4 heteroatoms. The van der Waals surface area contributed by atoms with Crippen molar-refractivity contribution in [3.63, 3.8) is 0 Å². The molecule has 0 N–H and O–H groups in total. The monoisotopic (exact) mass is 281 g/mol. The van der Waals surface area contributed by atoms with Gasteiger partial charge in [-0.15, -0.1) is 0 Å². The molecular weight excluding hydrogens is 261 g/mol. The van der Waals surface area contributed by atoms with E-state index in [0.717, 1.165) is 18.5 Å². The molecule has 1 aliphatic heterocycles. The summed E-state index contributed by atoms with van der Waals surface area (Å²) in [5.41, 5.74) is 0.981. The third-order valence-corrected chi connectivity index (χ3v) is 4.98. The summed E-state index contributed by atoms with van der Waals surface area (Å²) in [6, 6.07) is 6.41. The van der Waals surface area contributed by atoms with Gasteiger partial charge in [0, 0.05) is 6.54 Å². The summed E-state index contributed by atoms with van der Waals surface area (Å²) in [5.74, 6) is -0.243. The van der Waals surface area contributed by atoms with Crippen LogP contribution in [-0.2, 0) is 11.0 Å². The largest absolute Gasteiger partial charge is 0.242 e. The maximum atomic E-state index is 13.0. The number of rotatable bonds is 2. The average molecular weight is 281 g/mol. The van der Waals surface area contributed by atoms with E-state index in [4.69, 9.17) is 0 Å². The van der Waals surface area contributed by atoms with Crippen LogP contribution in [0.25, 0.3) is 0 Å². The molecule has 0 bridgehead atoms. The van der Waals surface area contributed by atoms with E-state index in [1.807, 2.05) is 25.1 Å². The molecule has 0 fully saturated rings. The number of benzene rings is 1. The Kier molecular flexibility index (Phi) is 4.21. The van der Waals surface area contributed by atoms with Gasteiger partial charge < -0.3 is 0 Å². The highest BCUT2D eigenvalue weighted by Crippen LogP contribution is 2.31. The van der Waals surface area contributed by atoms with Crippen LogP contribution in [0.4, 0.5) is 4.39 Å². The van der Waals surface area contributed by atoms with Gasteiger partial charge in [0.2, 0.25) is 0 Å². The molecule has 0 spiro atoms. The minimum absolute atomic E-state index is 0.0330. The molecule has 1 aromatic carbocycles. The summed E-state index contributed by atoms with van der Waals surface area (Å²) < 4.78 is 27.3. The van der Waals surface area contributed by atoms with Crippen molar-refractivity contribution < 1.29 is 8.60 Å². The van der Waals surface area contributed by atoms with Crippen molar-refractivity contribution in [3.05, 3.63) is 47.8 Å². The van der Waals surface area contributed by atoms with Crippen molar-refractivity contribution in [1.82, 2.24) is 4.31 Å². The van der Waals surface area contributed by atoms with Crippen LogP contribution >= 0.6 is 0 Å². The standard InChI is InChI=1S/C15H20FNOS/c1-15(2,3)19(18)17-11-5-4-6-14(17)12-7-9-13(16)10-8-12/h4,6-10,14H,5,11H2,1-3H3/t14-,19?/m0/s1. The van der Waals surface area contributed by atoms with Crippen molar-refractivity contribution in [2.24, 2.45) is 0 Å². The van der Waals surface area contributed by atoms with Crippen LogP contribution in [0.15, 0.2) is 36.4 Å². The number of nitrogens with zero attached hydrogens (tertiary/aromatic N) is 1. The summed E-state index contributed by atoms with van der Waals surface area (Å²) in [6.07, 6.45) is 5.06. The lowest BCUT2D eigenvalue weighted by atomic mass is 10.0. The average Bonchev–Trinajstić information content (AvgIpc) is 2.38. The summed E-state index contributed by atoms with van der Waals surface area (Å²) in [5, 5.41) is 0. The van der Waals surface area contributed by atoms with E-state index < -0.39 is 11.0 Å². The molecule has 104 valence electrons. The molecule has 1 aliphatic rings. The molecule has 2 nitrogen and oxygen atoms in total. The summed E-state index contributed by atoms with van der Waals surface area (Å²) in [6.45, 7) is 6.69. The Morgan fingerprint density at radius 3 is 2.47 bits per heavy atom. The van der Waals surface area contributed by atoms with Gasteiger partial charge in [-0.25, -0.2) is 12.9 Å². The van der Waals surface area contributed by atoms with Crippen molar-refractivity contribution in [3.8, 4) is 0 Å². The molecule has 0 saturated carbocycles.